The number of hydrogen-bond donors (Lipinski definition) is 0. The summed E-state index contributed by atoms with van der Waals surface area (Å²) < 4.78 is 5.26. The molecule has 0 bridgehead atoms. The third-order valence-corrected chi connectivity index (χ3v) is 6.75. The summed E-state index contributed by atoms with van der Waals surface area (Å²) in [4.78, 5) is 33.8. The van der Waals surface area contributed by atoms with E-state index in [4.69, 9.17) is 26.6 Å². The molecule has 1 saturated heterocycles. The molecule has 3 aromatic rings. The Morgan fingerprint density at radius 3 is 2.60 bits per heavy atom. The van der Waals surface area contributed by atoms with Gasteiger partial charge < -0.3 is 14.5 Å². The standard InChI is InChI=1S/C27H27ClN4O3/c1-4-13-35-27(34)32-12-11-31(16-17(32)2)26(33)21-9-10-22-23(14-21)30-25(18(3)24(22)28)20-7-5-19(15-29)6-8-20/h5-10,14,17H,4,11-13,16H2,1-3H3/t17-/m1/s1. The second-order valence-corrected chi connectivity index (χ2v) is 9.11. The number of carbonyl (C=O) groups excluding carboxylic acids is 2. The lowest BCUT2D eigenvalue weighted by Crippen LogP contribution is -2.55. The summed E-state index contributed by atoms with van der Waals surface area (Å²) in [7, 11) is 0. The molecule has 1 fully saturated rings. The third-order valence-electron chi connectivity index (χ3n) is 6.26. The number of nitriles is 1. The van der Waals surface area contributed by atoms with E-state index in [2.05, 4.69) is 6.07 Å². The molecule has 35 heavy (non-hydrogen) atoms. The highest BCUT2D eigenvalue weighted by molar-refractivity contribution is 6.36. The average Bonchev–Trinajstić information content (AvgIpc) is 2.88. The summed E-state index contributed by atoms with van der Waals surface area (Å²) >= 11 is 6.68. The largest absolute Gasteiger partial charge is 0.449 e. The Bertz CT molecular complexity index is 1320. The van der Waals surface area contributed by atoms with Gasteiger partial charge in [0.15, 0.2) is 0 Å². The van der Waals surface area contributed by atoms with Gasteiger partial charge in [0, 0.05) is 42.2 Å². The van der Waals surface area contributed by atoms with E-state index in [9.17, 15) is 9.59 Å². The first-order valence-electron chi connectivity index (χ1n) is 11.7. The van der Waals surface area contributed by atoms with Crippen LogP contribution in [0.15, 0.2) is 42.5 Å². The number of carbonyl (C=O) groups is 2. The summed E-state index contributed by atoms with van der Waals surface area (Å²) in [6.07, 6.45) is 0.437. The van der Waals surface area contributed by atoms with Gasteiger partial charge in [0.2, 0.25) is 0 Å². The molecule has 1 aromatic heterocycles. The summed E-state index contributed by atoms with van der Waals surface area (Å²) in [5.74, 6) is -0.112. The number of nitrogens with zero attached hydrogens (tertiary/aromatic N) is 4. The molecule has 2 heterocycles. The number of rotatable bonds is 4. The maximum atomic E-state index is 13.3. The summed E-state index contributed by atoms with van der Waals surface area (Å²) in [5, 5.41) is 10.4. The van der Waals surface area contributed by atoms with Gasteiger partial charge in [0.05, 0.1) is 34.5 Å². The minimum Gasteiger partial charge on any atom is -0.449 e. The molecule has 0 saturated carbocycles. The van der Waals surface area contributed by atoms with Crippen LogP contribution in [0.25, 0.3) is 22.2 Å². The topological polar surface area (TPSA) is 86.5 Å². The lowest BCUT2D eigenvalue weighted by molar-refractivity contribution is 0.0412. The molecule has 7 nitrogen and oxygen atoms in total. The van der Waals surface area contributed by atoms with Crippen molar-refractivity contribution in [2.45, 2.75) is 33.2 Å². The zero-order chi connectivity index (χ0) is 25.1. The molecule has 180 valence electrons. The van der Waals surface area contributed by atoms with Crippen LogP contribution in [0.5, 0.6) is 0 Å². The van der Waals surface area contributed by atoms with Crippen LogP contribution in [0.3, 0.4) is 0 Å². The minimum absolute atomic E-state index is 0.112. The SMILES string of the molecule is CCCOC(=O)N1CCN(C(=O)c2ccc3c(Cl)c(C)c(-c4ccc(C#N)cc4)nc3c2)C[C@H]1C. The smallest absolute Gasteiger partial charge is 0.410 e. The number of halogens is 1. The van der Waals surface area contributed by atoms with Crippen molar-refractivity contribution in [2.24, 2.45) is 0 Å². The van der Waals surface area contributed by atoms with E-state index in [-0.39, 0.29) is 18.0 Å². The van der Waals surface area contributed by atoms with E-state index >= 15 is 0 Å². The maximum absolute atomic E-state index is 13.3. The number of pyridine rings is 1. The minimum atomic E-state index is -0.332. The molecule has 2 aromatic carbocycles. The van der Waals surface area contributed by atoms with Crippen molar-refractivity contribution in [3.05, 3.63) is 64.2 Å². The van der Waals surface area contributed by atoms with Crippen molar-refractivity contribution in [3.63, 3.8) is 0 Å². The number of hydrogen-bond acceptors (Lipinski definition) is 5. The Hall–Kier alpha value is -3.63. The Morgan fingerprint density at radius 1 is 1.20 bits per heavy atom. The Balaban J connectivity index is 1.59. The van der Waals surface area contributed by atoms with Crippen molar-refractivity contribution in [1.82, 2.24) is 14.8 Å². The van der Waals surface area contributed by atoms with Gasteiger partial charge in [-0.2, -0.15) is 5.26 Å². The first-order chi connectivity index (χ1) is 16.8. The molecule has 1 aliphatic heterocycles. The molecule has 1 aliphatic rings. The summed E-state index contributed by atoms with van der Waals surface area (Å²) in [5.41, 5.74) is 4.11. The molecule has 8 heteroatoms. The zero-order valence-corrected chi connectivity index (χ0v) is 20.8. The van der Waals surface area contributed by atoms with Crippen molar-refractivity contribution < 1.29 is 14.3 Å². The predicted octanol–water partition coefficient (Wildman–Crippen LogP) is 5.43. The second kappa shape index (κ2) is 10.3. The number of fused-ring (bicyclic) bond motifs is 1. The fourth-order valence-corrected chi connectivity index (χ4v) is 4.55. The number of aromatic nitrogens is 1. The number of amides is 2. The highest BCUT2D eigenvalue weighted by atomic mass is 35.5. The van der Waals surface area contributed by atoms with Crippen LogP contribution in [0, 0.1) is 18.3 Å². The normalized spacial score (nSPS) is 15.7. The van der Waals surface area contributed by atoms with Gasteiger partial charge in [0.25, 0.3) is 5.91 Å². The van der Waals surface area contributed by atoms with Crippen molar-refractivity contribution in [3.8, 4) is 17.3 Å². The van der Waals surface area contributed by atoms with Gasteiger partial charge in [-0.3, -0.25) is 4.79 Å². The summed E-state index contributed by atoms with van der Waals surface area (Å²) in [6.45, 7) is 7.45. The van der Waals surface area contributed by atoms with Gasteiger partial charge in [-0.25, -0.2) is 9.78 Å². The number of ether oxygens (including phenoxy) is 1. The molecule has 0 unspecified atom stereocenters. The van der Waals surface area contributed by atoms with Crippen LogP contribution < -0.4 is 0 Å². The van der Waals surface area contributed by atoms with Crippen molar-refractivity contribution in [1.29, 1.82) is 5.26 Å². The Labute approximate surface area is 209 Å². The van der Waals surface area contributed by atoms with Crippen LogP contribution in [-0.4, -0.2) is 59.1 Å². The van der Waals surface area contributed by atoms with Crippen LogP contribution >= 0.6 is 11.6 Å². The lowest BCUT2D eigenvalue weighted by atomic mass is 10.0. The van der Waals surface area contributed by atoms with Gasteiger partial charge >= 0.3 is 6.09 Å². The monoisotopic (exact) mass is 490 g/mol. The van der Waals surface area contributed by atoms with Crippen LogP contribution in [0.1, 0.15) is 41.8 Å². The quantitative estimate of drug-likeness (QED) is 0.486. The highest BCUT2D eigenvalue weighted by Crippen LogP contribution is 2.33. The highest BCUT2D eigenvalue weighted by Gasteiger charge is 2.31. The zero-order valence-electron chi connectivity index (χ0n) is 20.0. The maximum Gasteiger partial charge on any atom is 0.410 e. The van der Waals surface area contributed by atoms with E-state index in [0.29, 0.717) is 53.6 Å². The molecule has 0 spiro atoms. The molecule has 0 radical (unpaired) electrons. The molecule has 0 N–H and O–H groups in total. The fourth-order valence-electron chi connectivity index (χ4n) is 4.30. The Morgan fingerprint density at radius 2 is 1.94 bits per heavy atom. The van der Waals surface area contributed by atoms with E-state index in [1.807, 2.05) is 39.0 Å². The first kappa shape index (κ1) is 24.5. The van der Waals surface area contributed by atoms with Crippen LogP contribution in [-0.2, 0) is 4.74 Å². The third kappa shape index (κ3) is 4.94. The Kier molecular flexibility index (Phi) is 7.23. The van der Waals surface area contributed by atoms with E-state index < -0.39 is 0 Å². The van der Waals surface area contributed by atoms with E-state index in [0.717, 1.165) is 22.9 Å². The van der Waals surface area contributed by atoms with E-state index in [1.165, 1.54) is 0 Å². The van der Waals surface area contributed by atoms with Gasteiger partial charge in [0.1, 0.15) is 0 Å². The van der Waals surface area contributed by atoms with Crippen LogP contribution in [0.4, 0.5) is 4.79 Å². The van der Waals surface area contributed by atoms with Gasteiger partial charge in [-0.15, -0.1) is 0 Å². The average molecular weight is 491 g/mol. The molecular weight excluding hydrogens is 464 g/mol. The number of benzene rings is 2. The molecule has 2 amide bonds. The molecule has 4 rings (SSSR count). The second-order valence-electron chi connectivity index (χ2n) is 8.73. The predicted molar refractivity (Wildman–Crippen MR) is 135 cm³/mol. The molecule has 0 aliphatic carbocycles. The number of piperazine rings is 1. The van der Waals surface area contributed by atoms with Gasteiger partial charge in [-0.1, -0.05) is 36.7 Å². The first-order valence-corrected chi connectivity index (χ1v) is 12.0. The van der Waals surface area contributed by atoms with Crippen molar-refractivity contribution >= 4 is 34.5 Å². The van der Waals surface area contributed by atoms with Crippen molar-refractivity contribution in [2.75, 3.05) is 26.2 Å². The summed E-state index contributed by atoms with van der Waals surface area (Å²) in [6, 6.07) is 14.5. The fraction of sp³-hybridized carbons (Fsp3) is 0.333. The van der Waals surface area contributed by atoms with Crippen LogP contribution in [0.2, 0.25) is 5.02 Å². The lowest BCUT2D eigenvalue weighted by Gasteiger charge is -2.39. The molecule has 1 atom stereocenters. The van der Waals surface area contributed by atoms with E-state index in [1.54, 1.807) is 34.1 Å². The van der Waals surface area contributed by atoms with Gasteiger partial charge in [-0.05, 0) is 50.1 Å². The molecular formula is C27H27ClN4O3.